The van der Waals surface area contributed by atoms with Gasteiger partial charge in [0.1, 0.15) is 35.4 Å². The highest BCUT2D eigenvalue weighted by molar-refractivity contribution is 6.31. The third-order valence-electron chi connectivity index (χ3n) is 8.29. The maximum Gasteiger partial charge on any atom is 0.387 e. The largest absolute Gasteiger partial charge is 0.489 e. The molecule has 0 radical (unpaired) electrons. The molecule has 2 fully saturated rings. The van der Waals surface area contributed by atoms with Gasteiger partial charge in [0, 0.05) is 42.2 Å². The van der Waals surface area contributed by atoms with Crippen LogP contribution < -0.4 is 14.4 Å². The fraction of sp³-hybridized carbons (Fsp3) is 0.406. The standard InChI is InChI=1S/C32H33ClF2N4O6/c1-18(2)39-27(16-25(36-39)30(40)41)38-13-11-32(42,12-14-38)23-10-9-20(15-24(23)33)43-17-22-28(37-45-29(22)19-7-8-19)21-5-3-4-6-26(21)44-31(34)35/h3-6,9-10,15-16,18-19,31,42H,7-8,11-14,17H2,1-2H3,(H,40,41). The van der Waals surface area contributed by atoms with Crippen LogP contribution in [-0.4, -0.2) is 50.8 Å². The second kappa shape index (κ2) is 12.3. The molecule has 1 aliphatic heterocycles. The van der Waals surface area contributed by atoms with Crippen molar-refractivity contribution in [3.63, 3.8) is 0 Å². The molecule has 1 saturated carbocycles. The highest BCUT2D eigenvalue weighted by atomic mass is 35.5. The van der Waals surface area contributed by atoms with Crippen LogP contribution in [-0.2, 0) is 12.2 Å². The molecule has 2 aromatic carbocycles. The Morgan fingerprint density at radius 2 is 1.89 bits per heavy atom. The molecule has 2 N–H and O–H groups in total. The van der Waals surface area contributed by atoms with Gasteiger partial charge in [0.15, 0.2) is 5.69 Å². The van der Waals surface area contributed by atoms with Crippen molar-refractivity contribution in [2.75, 3.05) is 18.0 Å². The Labute approximate surface area is 263 Å². The smallest absolute Gasteiger partial charge is 0.387 e. The van der Waals surface area contributed by atoms with Gasteiger partial charge in [-0.2, -0.15) is 13.9 Å². The molecule has 0 bridgehead atoms. The average molecular weight is 643 g/mol. The second-order valence-electron chi connectivity index (χ2n) is 11.7. The molecule has 6 rings (SSSR count). The van der Waals surface area contributed by atoms with Gasteiger partial charge in [-0.25, -0.2) is 9.48 Å². The molecular formula is C32H33ClF2N4O6. The number of aromatic carboxylic acids is 1. The molecule has 3 heterocycles. The van der Waals surface area contributed by atoms with E-state index in [-0.39, 0.29) is 30.0 Å². The van der Waals surface area contributed by atoms with Gasteiger partial charge in [0.25, 0.3) is 0 Å². The molecule has 238 valence electrons. The van der Waals surface area contributed by atoms with Crippen molar-refractivity contribution in [1.29, 1.82) is 0 Å². The lowest BCUT2D eigenvalue weighted by molar-refractivity contribution is -0.0494. The molecule has 0 amide bonds. The number of hydrogen-bond acceptors (Lipinski definition) is 8. The summed E-state index contributed by atoms with van der Waals surface area (Å²) in [5, 5.41) is 29.8. The predicted octanol–water partition coefficient (Wildman–Crippen LogP) is 7.02. The van der Waals surface area contributed by atoms with Crippen LogP contribution in [0.2, 0.25) is 5.02 Å². The number of halogens is 3. The molecule has 10 nitrogen and oxygen atoms in total. The number of aromatic nitrogens is 3. The van der Waals surface area contributed by atoms with Crippen LogP contribution in [0.25, 0.3) is 11.3 Å². The molecule has 0 unspecified atom stereocenters. The number of ether oxygens (including phenoxy) is 2. The van der Waals surface area contributed by atoms with E-state index in [1.807, 2.05) is 18.7 Å². The molecule has 2 aliphatic rings. The predicted molar refractivity (Wildman–Crippen MR) is 161 cm³/mol. The van der Waals surface area contributed by atoms with E-state index in [0.717, 1.165) is 12.8 Å². The summed E-state index contributed by atoms with van der Waals surface area (Å²) < 4.78 is 44.4. The van der Waals surface area contributed by atoms with Crippen LogP contribution in [0, 0.1) is 0 Å². The van der Waals surface area contributed by atoms with Crippen LogP contribution in [0.3, 0.4) is 0 Å². The molecule has 0 spiro atoms. The zero-order valence-corrected chi connectivity index (χ0v) is 25.5. The number of benzene rings is 2. The van der Waals surface area contributed by atoms with Crippen molar-refractivity contribution in [1.82, 2.24) is 14.9 Å². The highest BCUT2D eigenvalue weighted by Gasteiger charge is 2.37. The number of rotatable bonds is 11. The van der Waals surface area contributed by atoms with Gasteiger partial charge in [0.2, 0.25) is 0 Å². The lowest BCUT2D eigenvalue weighted by Gasteiger charge is -2.40. The summed E-state index contributed by atoms with van der Waals surface area (Å²) in [7, 11) is 0. The number of piperidine rings is 1. The molecule has 1 saturated heterocycles. The van der Waals surface area contributed by atoms with Crippen molar-refractivity contribution in [2.24, 2.45) is 0 Å². The van der Waals surface area contributed by atoms with Crippen LogP contribution in [0.15, 0.2) is 53.1 Å². The van der Waals surface area contributed by atoms with Crippen LogP contribution in [0.4, 0.5) is 14.6 Å². The number of alkyl halides is 2. The monoisotopic (exact) mass is 642 g/mol. The molecule has 45 heavy (non-hydrogen) atoms. The Morgan fingerprint density at radius 1 is 1.16 bits per heavy atom. The van der Waals surface area contributed by atoms with Gasteiger partial charge in [-0.3, -0.25) is 0 Å². The summed E-state index contributed by atoms with van der Waals surface area (Å²) in [6.45, 7) is 1.88. The number of carboxylic acids is 1. The first-order valence-electron chi connectivity index (χ1n) is 14.8. The van der Waals surface area contributed by atoms with E-state index in [2.05, 4.69) is 10.3 Å². The summed E-state index contributed by atoms with van der Waals surface area (Å²) >= 11 is 6.71. The molecular weight excluding hydrogens is 610 g/mol. The number of anilines is 1. The van der Waals surface area contributed by atoms with E-state index in [1.54, 1.807) is 47.1 Å². The fourth-order valence-electron chi connectivity index (χ4n) is 5.80. The lowest BCUT2D eigenvalue weighted by atomic mass is 9.84. The molecule has 4 aromatic rings. The number of carboxylic acid groups (broad SMARTS) is 1. The number of hydrogen-bond donors (Lipinski definition) is 2. The molecule has 0 atom stereocenters. The van der Waals surface area contributed by atoms with Crippen molar-refractivity contribution in [3.8, 4) is 22.8 Å². The Hall–Kier alpha value is -4.16. The van der Waals surface area contributed by atoms with E-state index in [1.165, 1.54) is 6.07 Å². The Bertz CT molecular complexity index is 1690. The third kappa shape index (κ3) is 6.34. The van der Waals surface area contributed by atoms with E-state index < -0.39 is 18.2 Å². The maximum absolute atomic E-state index is 13.1. The van der Waals surface area contributed by atoms with Gasteiger partial charge in [-0.05, 0) is 63.8 Å². The third-order valence-corrected chi connectivity index (χ3v) is 8.60. The Kier molecular flexibility index (Phi) is 8.45. The summed E-state index contributed by atoms with van der Waals surface area (Å²) in [4.78, 5) is 13.5. The van der Waals surface area contributed by atoms with Crippen molar-refractivity contribution in [3.05, 3.63) is 76.1 Å². The maximum atomic E-state index is 13.1. The van der Waals surface area contributed by atoms with Crippen LogP contribution in [0.5, 0.6) is 11.5 Å². The molecule has 2 aromatic heterocycles. The second-order valence-corrected chi connectivity index (χ2v) is 12.1. The van der Waals surface area contributed by atoms with Gasteiger partial charge < -0.3 is 29.1 Å². The van der Waals surface area contributed by atoms with Gasteiger partial charge in [-0.1, -0.05) is 35.0 Å². The van der Waals surface area contributed by atoms with Crippen molar-refractivity contribution >= 4 is 23.4 Å². The minimum absolute atomic E-state index is 0.00734. The summed E-state index contributed by atoms with van der Waals surface area (Å²) in [5.41, 5.74) is 0.768. The van der Waals surface area contributed by atoms with Gasteiger partial charge in [0.05, 0.1) is 16.2 Å². The fourth-order valence-corrected chi connectivity index (χ4v) is 6.15. The molecule has 1 aliphatic carbocycles. The normalized spacial score (nSPS) is 16.4. The number of carbonyl (C=O) groups is 1. The molecule has 13 heteroatoms. The average Bonchev–Trinajstić information content (AvgIpc) is 3.59. The Morgan fingerprint density at radius 3 is 2.53 bits per heavy atom. The van der Waals surface area contributed by atoms with Crippen LogP contribution >= 0.6 is 11.6 Å². The minimum atomic E-state index is -2.99. The first kappa shape index (κ1) is 30.8. The van der Waals surface area contributed by atoms with E-state index in [9.17, 15) is 23.8 Å². The number of aliphatic hydroxyl groups is 1. The van der Waals surface area contributed by atoms with E-state index in [0.29, 0.717) is 70.7 Å². The lowest BCUT2D eigenvalue weighted by Crippen LogP contribution is -2.43. The SMILES string of the molecule is CC(C)n1nc(C(=O)O)cc1N1CCC(O)(c2ccc(OCc3c(-c4ccccc4OC(F)F)noc3C3CC3)cc2Cl)CC1. The summed E-state index contributed by atoms with van der Waals surface area (Å²) in [6.07, 6.45) is 2.61. The minimum Gasteiger partial charge on any atom is -0.489 e. The highest BCUT2D eigenvalue weighted by Crippen LogP contribution is 2.46. The zero-order valence-electron chi connectivity index (χ0n) is 24.8. The van der Waals surface area contributed by atoms with Gasteiger partial charge >= 0.3 is 12.6 Å². The van der Waals surface area contributed by atoms with Crippen molar-refractivity contribution in [2.45, 2.75) is 70.3 Å². The first-order chi connectivity index (χ1) is 21.5. The van der Waals surface area contributed by atoms with Gasteiger partial charge in [-0.15, -0.1) is 0 Å². The van der Waals surface area contributed by atoms with Crippen molar-refractivity contribution < 1.29 is 37.8 Å². The topological polar surface area (TPSA) is 123 Å². The van der Waals surface area contributed by atoms with E-state index >= 15 is 0 Å². The number of para-hydroxylation sites is 1. The summed E-state index contributed by atoms with van der Waals surface area (Å²) in [5.74, 6) is 0.906. The zero-order chi connectivity index (χ0) is 31.9. The summed E-state index contributed by atoms with van der Waals surface area (Å²) in [6, 6.07) is 13.1. The van der Waals surface area contributed by atoms with E-state index in [4.69, 9.17) is 25.6 Å². The number of nitrogens with zero attached hydrogens (tertiary/aromatic N) is 4. The van der Waals surface area contributed by atoms with Crippen LogP contribution in [0.1, 0.15) is 78.9 Å². The first-order valence-corrected chi connectivity index (χ1v) is 15.2. The Balaban J connectivity index is 1.18. The quantitative estimate of drug-likeness (QED) is 0.178.